The van der Waals surface area contributed by atoms with Crippen LogP contribution >= 0.6 is 11.6 Å². The number of halogens is 1. The number of nitrogens with zero attached hydrogens (tertiary/aromatic N) is 1. The first kappa shape index (κ1) is 18.2. The van der Waals surface area contributed by atoms with Gasteiger partial charge in [0.15, 0.2) is 0 Å². The Kier molecular flexibility index (Phi) is 4.89. The van der Waals surface area contributed by atoms with Crippen LogP contribution in [0.2, 0.25) is 5.02 Å². The van der Waals surface area contributed by atoms with Gasteiger partial charge in [-0.1, -0.05) is 48.0 Å². The van der Waals surface area contributed by atoms with Gasteiger partial charge in [0, 0.05) is 22.5 Å². The highest BCUT2D eigenvalue weighted by molar-refractivity contribution is 7.92. The highest BCUT2D eigenvalue weighted by Crippen LogP contribution is 2.31. The van der Waals surface area contributed by atoms with Gasteiger partial charge in [-0.15, -0.1) is 0 Å². The summed E-state index contributed by atoms with van der Waals surface area (Å²) in [6, 6.07) is 16.4. The van der Waals surface area contributed by atoms with Crippen LogP contribution in [-0.2, 0) is 10.0 Å². The maximum Gasteiger partial charge on any atom is 0.264 e. The van der Waals surface area contributed by atoms with E-state index in [4.69, 9.17) is 11.6 Å². The predicted octanol–water partition coefficient (Wildman–Crippen LogP) is 3.07. The summed E-state index contributed by atoms with van der Waals surface area (Å²) in [6.07, 6.45) is 0. The SMILES string of the molecule is CCN(c1cccc2ccccc12)S(=O)(=O)c1ccc(Cl)c(C(=O)[O-])c1. The van der Waals surface area contributed by atoms with E-state index in [-0.39, 0.29) is 22.0 Å². The molecule has 0 saturated heterocycles. The highest BCUT2D eigenvalue weighted by Gasteiger charge is 2.25. The highest BCUT2D eigenvalue weighted by atomic mass is 35.5. The normalized spacial score (nSPS) is 11.5. The van der Waals surface area contributed by atoms with Crippen molar-refractivity contribution in [1.82, 2.24) is 0 Å². The molecule has 7 heteroatoms. The van der Waals surface area contributed by atoms with Crippen molar-refractivity contribution in [2.75, 3.05) is 10.8 Å². The van der Waals surface area contributed by atoms with E-state index in [0.29, 0.717) is 5.69 Å². The number of hydrogen-bond donors (Lipinski definition) is 0. The van der Waals surface area contributed by atoms with Gasteiger partial charge in [0.25, 0.3) is 10.0 Å². The number of carbonyl (C=O) groups is 1. The Labute approximate surface area is 156 Å². The van der Waals surface area contributed by atoms with Crippen LogP contribution in [0.4, 0.5) is 5.69 Å². The lowest BCUT2D eigenvalue weighted by Gasteiger charge is -2.25. The molecule has 134 valence electrons. The van der Waals surface area contributed by atoms with E-state index in [9.17, 15) is 18.3 Å². The molecule has 0 aromatic heterocycles. The lowest BCUT2D eigenvalue weighted by molar-refractivity contribution is -0.255. The van der Waals surface area contributed by atoms with Gasteiger partial charge in [0.1, 0.15) is 0 Å². The zero-order valence-corrected chi connectivity index (χ0v) is 15.4. The second-order valence-electron chi connectivity index (χ2n) is 5.60. The van der Waals surface area contributed by atoms with Crippen LogP contribution in [0.15, 0.2) is 65.6 Å². The quantitative estimate of drug-likeness (QED) is 0.673. The molecule has 0 aliphatic carbocycles. The molecule has 3 rings (SSSR count). The summed E-state index contributed by atoms with van der Waals surface area (Å²) in [5.74, 6) is -1.53. The van der Waals surface area contributed by atoms with Crippen molar-refractivity contribution in [3.63, 3.8) is 0 Å². The Bertz CT molecular complexity index is 1090. The average molecular weight is 389 g/mol. The molecule has 3 aromatic carbocycles. The van der Waals surface area contributed by atoms with Crippen molar-refractivity contribution in [1.29, 1.82) is 0 Å². The molecule has 0 saturated carbocycles. The van der Waals surface area contributed by atoms with Crippen LogP contribution in [0.1, 0.15) is 17.3 Å². The first-order valence-corrected chi connectivity index (χ1v) is 9.69. The summed E-state index contributed by atoms with van der Waals surface area (Å²) in [5, 5.41) is 12.8. The molecular formula is C19H15ClNO4S-. The smallest absolute Gasteiger partial charge is 0.264 e. The number of aromatic carboxylic acids is 1. The van der Waals surface area contributed by atoms with E-state index in [1.165, 1.54) is 16.4 Å². The first-order chi connectivity index (χ1) is 12.4. The third-order valence-electron chi connectivity index (χ3n) is 4.07. The van der Waals surface area contributed by atoms with Crippen LogP contribution in [-0.4, -0.2) is 20.9 Å². The lowest BCUT2D eigenvalue weighted by Crippen LogP contribution is -2.31. The number of rotatable bonds is 5. The van der Waals surface area contributed by atoms with Crippen molar-refractivity contribution in [3.8, 4) is 0 Å². The van der Waals surface area contributed by atoms with E-state index in [1.54, 1.807) is 19.1 Å². The second kappa shape index (κ2) is 6.97. The zero-order chi connectivity index (χ0) is 18.9. The van der Waals surface area contributed by atoms with Gasteiger partial charge in [-0.2, -0.15) is 0 Å². The van der Waals surface area contributed by atoms with Gasteiger partial charge >= 0.3 is 0 Å². The molecule has 0 unspecified atom stereocenters. The summed E-state index contributed by atoms with van der Waals surface area (Å²) >= 11 is 5.82. The van der Waals surface area contributed by atoms with Crippen LogP contribution in [0.3, 0.4) is 0 Å². The average Bonchev–Trinajstić information content (AvgIpc) is 2.62. The number of anilines is 1. The van der Waals surface area contributed by atoms with Crippen molar-refractivity contribution in [2.24, 2.45) is 0 Å². The summed E-state index contributed by atoms with van der Waals surface area (Å²) in [7, 11) is -3.98. The molecule has 0 aliphatic heterocycles. The summed E-state index contributed by atoms with van der Waals surface area (Å²) < 4.78 is 27.6. The van der Waals surface area contributed by atoms with Gasteiger partial charge in [-0.25, -0.2) is 8.42 Å². The first-order valence-electron chi connectivity index (χ1n) is 7.87. The summed E-state index contributed by atoms with van der Waals surface area (Å²) in [5.41, 5.74) is 0.164. The Morgan fingerprint density at radius 3 is 2.46 bits per heavy atom. The number of carboxylic acid groups (broad SMARTS) is 1. The lowest BCUT2D eigenvalue weighted by atomic mass is 10.1. The standard InChI is InChI=1S/C19H16ClNO4S/c1-2-21(18-9-5-7-13-6-3-4-8-15(13)18)26(24,25)14-10-11-17(20)16(12-14)19(22)23/h3-12H,2H2,1H3,(H,22,23)/p-1. The van der Waals surface area contributed by atoms with E-state index in [2.05, 4.69) is 0 Å². The topological polar surface area (TPSA) is 77.5 Å². The molecule has 0 aliphatic rings. The second-order valence-corrected chi connectivity index (χ2v) is 7.87. The molecule has 0 fully saturated rings. The van der Waals surface area contributed by atoms with Crippen LogP contribution in [0.25, 0.3) is 10.8 Å². The van der Waals surface area contributed by atoms with Gasteiger partial charge in [-0.05, 0) is 36.6 Å². The van der Waals surface area contributed by atoms with E-state index >= 15 is 0 Å². The Morgan fingerprint density at radius 2 is 1.77 bits per heavy atom. The largest absolute Gasteiger partial charge is 0.545 e. The third-order valence-corrected chi connectivity index (χ3v) is 6.28. The molecule has 0 bridgehead atoms. The molecule has 0 spiro atoms. The summed E-state index contributed by atoms with van der Waals surface area (Å²) in [4.78, 5) is 11.0. The van der Waals surface area contributed by atoms with Crippen molar-refractivity contribution >= 4 is 44.1 Å². The summed E-state index contributed by atoms with van der Waals surface area (Å²) in [6.45, 7) is 1.90. The molecule has 0 N–H and O–H groups in total. The monoisotopic (exact) mass is 388 g/mol. The fourth-order valence-corrected chi connectivity index (χ4v) is 4.56. The number of fused-ring (bicyclic) bond motifs is 1. The Balaban J connectivity index is 2.18. The van der Waals surface area contributed by atoms with Gasteiger partial charge in [0.05, 0.1) is 16.6 Å². The van der Waals surface area contributed by atoms with Gasteiger partial charge in [-0.3, -0.25) is 4.31 Å². The minimum absolute atomic E-state index is 0.0721. The fourth-order valence-electron chi connectivity index (χ4n) is 2.84. The van der Waals surface area contributed by atoms with Crippen molar-refractivity contribution in [2.45, 2.75) is 11.8 Å². The third kappa shape index (κ3) is 3.13. The Morgan fingerprint density at radius 1 is 1.08 bits per heavy atom. The fraction of sp³-hybridized carbons (Fsp3) is 0.105. The number of carboxylic acids is 1. The predicted molar refractivity (Wildman–Crippen MR) is 99.9 cm³/mol. The van der Waals surface area contributed by atoms with E-state index in [1.807, 2.05) is 30.3 Å². The van der Waals surface area contributed by atoms with Crippen molar-refractivity contribution in [3.05, 3.63) is 71.2 Å². The van der Waals surface area contributed by atoms with Crippen LogP contribution in [0, 0.1) is 0 Å². The molecular weight excluding hydrogens is 374 g/mol. The van der Waals surface area contributed by atoms with Gasteiger partial charge in [0.2, 0.25) is 0 Å². The zero-order valence-electron chi connectivity index (χ0n) is 13.8. The minimum Gasteiger partial charge on any atom is -0.545 e. The van der Waals surface area contributed by atoms with Crippen LogP contribution < -0.4 is 9.41 Å². The molecule has 0 atom stereocenters. The maximum atomic E-state index is 13.2. The molecule has 0 amide bonds. The van der Waals surface area contributed by atoms with Crippen molar-refractivity contribution < 1.29 is 18.3 Å². The van der Waals surface area contributed by atoms with Gasteiger partial charge < -0.3 is 9.90 Å². The molecule has 0 radical (unpaired) electrons. The maximum absolute atomic E-state index is 13.2. The van der Waals surface area contributed by atoms with E-state index < -0.39 is 16.0 Å². The number of hydrogen-bond acceptors (Lipinski definition) is 4. The number of benzene rings is 3. The molecule has 5 nitrogen and oxygen atoms in total. The molecule has 26 heavy (non-hydrogen) atoms. The Hall–Kier alpha value is -2.57. The van der Waals surface area contributed by atoms with E-state index in [0.717, 1.165) is 16.8 Å². The number of sulfonamides is 1. The van der Waals surface area contributed by atoms with Crippen LogP contribution in [0.5, 0.6) is 0 Å². The number of carbonyl (C=O) groups excluding carboxylic acids is 1. The molecule has 3 aromatic rings. The minimum atomic E-state index is -3.98. The molecule has 0 heterocycles.